The predicted molar refractivity (Wildman–Crippen MR) is 144 cm³/mol. The second-order valence-electron chi connectivity index (χ2n) is 8.33. The Balaban J connectivity index is 1.36. The molecular formula is C26H22F5N6O2S+. The van der Waals surface area contributed by atoms with Crippen LogP contribution in [0.5, 0.6) is 5.75 Å². The molecule has 1 atom stereocenters. The van der Waals surface area contributed by atoms with E-state index in [1.54, 1.807) is 6.08 Å². The van der Waals surface area contributed by atoms with Crippen LogP contribution in [0.2, 0.25) is 0 Å². The number of nitrogens with one attached hydrogen (secondary N) is 1. The lowest BCUT2D eigenvalue weighted by molar-refractivity contribution is -0.308. The monoisotopic (exact) mass is 577 g/mol. The van der Waals surface area contributed by atoms with Gasteiger partial charge in [0.25, 0.3) is 0 Å². The Morgan fingerprint density at radius 2 is 1.88 bits per heavy atom. The van der Waals surface area contributed by atoms with E-state index in [1.165, 1.54) is 42.5 Å². The Bertz CT molecular complexity index is 1410. The van der Waals surface area contributed by atoms with Gasteiger partial charge in [0.15, 0.2) is 11.0 Å². The zero-order valence-electron chi connectivity index (χ0n) is 20.6. The van der Waals surface area contributed by atoms with E-state index in [0.717, 1.165) is 29.2 Å². The summed E-state index contributed by atoms with van der Waals surface area (Å²) in [5.41, 5.74) is 6.70. The van der Waals surface area contributed by atoms with Crippen LogP contribution in [0.25, 0.3) is 0 Å². The number of carbonyl (C=O) groups excluding carboxylic acids is 1. The zero-order valence-corrected chi connectivity index (χ0v) is 21.4. The number of hydrogen-bond acceptors (Lipinski definition) is 6. The fraction of sp³-hybridized carbons (Fsp3) is 0.192. The molecule has 1 fully saturated rings. The SMILES string of the molecule is NC(=[NH+]C=Nc1ccc(OC(F)(F)F)cc1)C1C=CC(/C=N/N=C2\SCCC(=O)N2c2c(F)cccc2F)=CC1. The van der Waals surface area contributed by atoms with Crippen LogP contribution in [0.1, 0.15) is 12.8 Å². The fourth-order valence-electron chi connectivity index (χ4n) is 3.64. The molecule has 1 aliphatic heterocycles. The van der Waals surface area contributed by atoms with Crippen LogP contribution in [0.15, 0.2) is 81.5 Å². The second-order valence-corrected chi connectivity index (χ2v) is 9.39. The summed E-state index contributed by atoms with van der Waals surface area (Å²) in [5, 5.41) is 8.11. The Labute approximate surface area is 229 Å². The van der Waals surface area contributed by atoms with Gasteiger partial charge in [0.05, 0.1) is 12.1 Å². The lowest BCUT2D eigenvalue weighted by atomic mass is 9.96. The lowest BCUT2D eigenvalue weighted by Gasteiger charge is -2.27. The maximum atomic E-state index is 14.3. The number of thioether (sulfide) groups is 1. The molecule has 40 heavy (non-hydrogen) atoms. The maximum Gasteiger partial charge on any atom is 0.573 e. The van der Waals surface area contributed by atoms with Crippen molar-refractivity contribution in [2.75, 3.05) is 10.7 Å². The third-order valence-corrected chi connectivity index (χ3v) is 6.47. The molecule has 1 aliphatic carbocycles. The van der Waals surface area contributed by atoms with Crippen molar-refractivity contribution < 1.29 is 36.5 Å². The molecule has 3 N–H and O–H groups in total. The highest BCUT2D eigenvalue weighted by atomic mass is 32.2. The highest BCUT2D eigenvalue weighted by molar-refractivity contribution is 8.14. The standard InChI is InChI=1S/C26H21F5N6O2S/c27-20-2-1-3-21(28)23(20)37-22(38)12-13-40-25(37)36-35-14-16-4-6-17(7-5-16)24(32)34-15-33-18-8-10-19(11-9-18)39-26(29,30)31/h1-6,8-11,14-15,17H,7,12-13H2,(H2,32,33,34)/p+1/b35-14+,36-25-. The number of rotatable bonds is 7. The Kier molecular flexibility index (Phi) is 9.09. The average molecular weight is 578 g/mol. The molecule has 1 amide bonds. The Hall–Kier alpha value is -4.33. The van der Waals surface area contributed by atoms with E-state index in [1.807, 2.05) is 12.2 Å². The molecule has 0 spiro atoms. The minimum Gasteiger partial charge on any atom is -0.406 e. The number of benzene rings is 2. The highest BCUT2D eigenvalue weighted by Gasteiger charge is 2.32. The fourth-order valence-corrected chi connectivity index (χ4v) is 4.53. The molecule has 0 bridgehead atoms. The van der Waals surface area contributed by atoms with E-state index in [4.69, 9.17) is 5.73 Å². The van der Waals surface area contributed by atoms with E-state index < -0.39 is 29.6 Å². The molecule has 0 radical (unpaired) electrons. The van der Waals surface area contributed by atoms with Gasteiger partial charge in [-0.2, -0.15) is 5.10 Å². The molecule has 2 aromatic rings. The van der Waals surface area contributed by atoms with Crippen molar-refractivity contribution in [3.05, 3.63) is 77.9 Å². The molecule has 8 nitrogen and oxygen atoms in total. The van der Waals surface area contributed by atoms with Gasteiger partial charge in [-0.3, -0.25) is 14.7 Å². The number of aliphatic imine (C=N–C) groups is 1. The van der Waals surface area contributed by atoms with E-state index in [9.17, 15) is 26.7 Å². The van der Waals surface area contributed by atoms with E-state index in [0.29, 0.717) is 29.3 Å². The van der Waals surface area contributed by atoms with Crippen LogP contribution in [-0.2, 0) is 4.79 Å². The molecule has 0 aromatic heterocycles. The van der Waals surface area contributed by atoms with Gasteiger partial charge in [-0.1, -0.05) is 36.1 Å². The number of carbonyl (C=O) groups is 1. The van der Waals surface area contributed by atoms with Crippen molar-refractivity contribution in [3.8, 4) is 5.75 Å². The number of nitrogens with zero attached hydrogens (tertiary/aromatic N) is 4. The van der Waals surface area contributed by atoms with Crippen molar-refractivity contribution in [2.45, 2.75) is 19.2 Å². The van der Waals surface area contributed by atoms with Crippen LogP contribution in [-0.4, -0.2) is 41.6 Å². The highest BCUT2D eigenvalue weighted by Crippen LogP contribution is 2.30. The van der Waals surface area contributed by atoms with E-state index in [2.05, 4.69) is 24.9 Å². The number of halogens is 5. The minimum atomic E-state index is -4.77. The molecule has 208 valence electrons. The van der Waals surface area contributed by atoms with Gasteiger partial charge in [0.2, 0.25) is 12.2 Å². The lowest BCUT2D eigenvalue weighted by Crippen LogP contribution is -2.75. The number of allylic oxidation sites excluding steroid dienone is 3. The molecule has 1 saturated heterocycles. The predicted octanol–water partition coefficient (Wildman–Crippen LogP) is 3.98. The summed E-state index contributed by atoms with van der Waals surface area (Å²) < 4.78 is 69.2. The normalized spacial score (nSPS) is 19.6. The van der Waals surface area contributed by atoms with Crippen molar-refractivity contribution >= 4 is 52.6 Å². The van der Waals surface area contributed by atoms with E-state index in [-0.39, 0.29) is 23.3 Å². The first-order chi connectivity index (χ1) is 19.1. The number of ether oxygens (including phenoxy) is 1. The summed E-state index contributed by atoms with van der Waals surface area (Å²) in [6, 6.07) is 8.37. The van der Waals surface area contributed by atoms with Gasteiger partial charge in [-0.15, -0.1) is 23.3 Å². The summed E-state index contributed by atoms with van der Waals surface area (Å²) in [7, 11) is 0. The molecular weight excluding hydrogens is 555 g/mol. The first-order valence-electron chi connectivity index (χ1n) is 11.8. The summed E-state index contributed by atoms with van der Waals surface area (Å²) >= 11 is 1.17. The summed E-state index contributed by atoms with van der Waals surface area (Å²) in [6.07, 6.45) is 4.08. The molecule has 2 aliphatic rings. The molecule has 2 aromatic carbocycles. The topological polar surface area (TPSA) is 107 Å². The number of nitrogens with two attached hydrogens (primary N) is 1. The third kappa shape index (κ3) is 7.62. The number of anilines is 1. The first kappa shape index (κ1) is 28.7. The average Bonchev–Trinajstić information content (AvgIpc) is 2.90. The molecule has 1 unspecified atom stereocenters. The van der Waals surface area contributed by atoms with E-state index >= 15 is 0 Å². The maximum absolute atomic E-state index is 14.3. The largest absolute Gasteiger partial charge is 0.573 e. The molecule has 1 heterocycles. The number of amides is 1. The van der Waals surface area contributed by atoms with Crippen LogP contribution >= 0.6 is 11.8 Å². The van der Waals surface area contributed by atoms with Crippen LogP contribution < -0.4 is 20.4 Å². The van der Waals surface area contributed by atoms with Crippen molar-refractivity contribution in [2.24, 2.45) is 26.8 Å². The van der Waals surface area contributed by atoms with Crippen LogP contribution in [0.4, 0.5) is 33.3 Å². The molecule has 0 saturated carbocycles. The quantitative estimate of drug-likeness (QED) is 0.225. The molecule has 4 rings (SSSR count). The number of hydrogen-bond donors (Lipinski definition) is 2. The summed E-state index contributed by atoms with van der Waals surface area (Å²) in [5.74, 6) is -1.96. The van der Waals surface area contributed by atoms with Crippen molar-refractivity contribution in [1.82, 2.24) is 0 Å². The number of amidine groups is 2. The smallest absolute Gasteiger partial charge is 0.406 e. The zero-order chi connectivity index (χ0) is 28.7. The van der Waals surface area contributed by atoms with Crippen molar-refractivity contribution in [1.29, 1.82) is 0 Å². The molecule has 14 heteroatoms. The van der Waals surface area contributed by atoms with Gasteiger partial charge in [-0.05, 0) is 48.4 Å². The van der Waals surface area contributed by atoms with Gasteiger partial charge in [0, 0.05) is 12.2 Å². The van der Waals surface area contributed by atoms with Gasteiger partial charge < -0.3 is 10.5 Å². The van der Waals surface area contributed by atoms with Crippen molar-refractivity contribution in [3.63, 3.8) is 0 Å². The summed E-state index contributed by atoms with van der Waals surface area (Å²) in [4.78, 5) is 20.3. The van der Waals surface area contributed by atoms with Gasteiger partial charge >= 0.3 is 6.36 Å². The third-order valence-electron chi connectivity index (χ3n) is 5.54. The minimum absolute atomic E-state index is 0.0679. The second kappa shape index (κ2) is 12.7. The Morgan fingerprint density at radius 1 is 1.15 bits per heavy atom. The summed E-state index contributed by atoms with van der Waals surface area (Å²) in [6.45, 7) is 0. The van der Waals surface area contributed by atoms with Gasteiger partial charge in [0.1, 0.15) is 28.8 Å². The Morgan fingerprint density at radius 3 is 2.52 bits per heavy atom. The van der Waals surface area contributed by atoms with Gasteiger partial charge in [-0.25, -0.2) is 8.78 Å². The van der Waals surface area contributed by atoms with Crippen LogP contribution in [0, 0.1) is 17.6 Å². The number of para-hydroxylation sites is 1. The number of alkyl halides is 3. The van der Waals surface area contributed by atoms with Crippen LogP contribution in [0.3, 0.4) is 0 Å². The first-order valence-corrected chi connectivity index (χ1v) is 12.8.